The van der Waals surface area contributed by atoms with Crippen LogP contribution in [0.25, 0.3) is 0 Å². The van der Waals surface area contributed by atoms with Gasteiger partial charge in [0.15, 0.2) is 0 Å². The first-order chi connectivity index (χ1) is 9.12. The van der Waals surface area contributed by atoms with Crippen molar-refractivity contribution in [3.8, 4) is 0 Å². The van der Waals surface area contributed by atoms with Crippen LogP contribution < -0.4 is 5.32 Å². The van der Waals surface area contributed by atoms with Crippen LogP contribution in [0, 0.1) is 12.3 Å². The van der Waals surface area contributed by atoms with Crippen molar-refractivity contribution in [3.05, 3.63) is 27.7 Å². The second-order valence-corrected chi connectivity index (χ2v) is 8.90. The van der Waals surface area contributed by atoms with Gasteiger partial charge in [0.2, 0.25) is 0 Å². The van der Waals surface area contributed by atoms with E-state index in [9.17, 15) is 13.2 Å². The number of rotatable bonds is 4. The second-order valence-electron chi connectivity index (χ2n) is 5.51. The van der Waals surface area contributed by atoms with E-state index in [1.165, 1.54) is 6.07 Å². The van der Waals surface area contributed by atoms with E-state index in [1.807, 2.05) is 0 Å². The van der Waals surface area contributed by atoms with Gasteiger partial charge in [-0.1, -0.05) is 22.9 Å². The third-order valence-electron chi connectivity index (χ3n) is 3.60. The highest BCUT2D eigenvalue weighted by atomic mass is 79.9. The Morgan fingerprint density at radius 2 is 2.05 bits per heavy atom. The van der Waals surface area contributed by atoms with Crippen molar-refractivity contribution in [1.82, 2.24) is 5.32 Å². The molecule has 0 bridgehead atoms. The highest BCUT2D eigenvalue weighted by Crippen LogP contribution is 2.44. The van der Waals surface area contributed by atoms with Crippen LogP contribution in [-0.4, -0.2) is 20.9 Å². The smallest absolute Gasteiger partial charge is 0.261 e. The SMILES string of the molecule is Cc1c(Br)cc(C(=O)NCC2(C)CC2)cc1S(=O)(=O)Cl. The molecule has 0 atom stereocenters. The molecule has 1 aromatic rings. The summed E-state index contributed by atoms with van der Waals surface area (Å²) >= 11 is 3.26. The van der Waals surface area contributed by atoms with Gasteiger partial charge in [-0.25, -0.2) is 8.42 Å². The Hall–Kier alpha value is -0.590. The van der Waals surface area contributed by atoms with E-state index in [4.69, 9.17) is 10.7 Å². The summed E-state index contributed by atoms with van der Waals surface area (Å²) in [6, 6.07) is 2.92. The van der Waals surface area contributed by atoms with Crippen LogP contribution in [0.4, 0.5) is 0 Å². The summed E-state index contributed by atoms with van der Waals surface area (Å²) in [6.45, 7) is 4.33. The van der Waals surface area contributed by atoms with E-state index in [0.717, 1.165) is 12.8 Å². The minimum atomic E-state index is -3.88. The molecule has 20 heavy (non-hydrogen) atoms. The first-order valence-corrected chi connectivity index (χ1v) is 9.26. The Morgan fingerprint density at radius 3 is 2.55 bits per heavy atom. The fourth-order valence-electron chi connectivity index (χ4n) is 1.82. The van der Waals surface area contributed by atoms with Gasteiger partial charge in [0.1, 0.15) is 0 Å². The predicted molar refractivity (Wildman–Crippen MR) is 81.6 cm³/mol. The lowest BCUT2D eigenvalue weighted by Crippen LogP contribution is -2.29. The van der Waals surface area contributed by atoms with Crippen molar-refractivity contribution in [2.45, 2.75) is 31.6 Å². The normalized spacial score (nSPS) is 16.8. The summed E-state index contributed by atoms with van der Waals surface area (Å²) in [4.78, 5) is 12.0. The van der Waals surface area contributed by atoms with Gasteiger partial charge in [0, 0.05) is 27.3 Å². The Bertz CT molecular complexity index is 668. The van der Waals surface area contributed by atoms with Crippen LogP contribution in [-0.2, 0) is 9.05 Å². The molecular formula is C13H15BrClNO3S. The van der Waals surface area contributed by atoms with Crippen LogP contribution >= 0.6 is 26.6 Å². The van der Waals surface area contributed by atoms with Crippen LogP contribution in [0.5, 0.6) is 0 Å². The summed E-state index contributed by atoms with van der Waals surface area (Å²) in [6.07, 6.45) is 2.21. The Balaban J connectivity index is 2.28. The average molecular weight is 381 g/mol. The monoisotopic (exact) mass is 379 g/mol. The fourth-order valence-corrected chi connectivity index (χ4v) is 3.64. The maximum absolute atomic E-state index is 12.1. The van der Waals surface area contributed by atoms with E-state index in [0.29, 0.717) is 16.6 Å². The molecule has 1 aliphatic carbocycles. The van der Waals surface area contributed by atoms with E-state index in [2.05, 4.69) is 28.2 Å². The summed E-state index contributed by atoms with van der Waals surface area (Å²) in [5.74, 6) is -0.291. The number of amides is 1. The number of nitrogens with one attached hydrogen (secondary N) is 1. The van der Waals surface area contributed by atoms with Gasteiger partial charge in [-0.05, 0) is 42.9 Å². The van der Waals surface area contributed by atoms with E-state index in [-0.39, 0.29) is 21.8 Å². The van der Waals surface area contributed by atoms with Crippen molar-refractivity contribution >= 4 is 41.6 Å². The largest absolute Gasteiger partial charge is 0.351 e. The van der Waals surface area contributed by atoms with Crippen LogP contribution in [0.2, 0.25) is 0 Å². The number of benzene rings is 1. The van der Waals surface area contributed by atoms with Crippen molar-refractivity contribution in [1.29, 1.82) is 0 Å². The minimum absolute atomic E-state index is 0.0451. The number of carbonyl (C=O) groups is 1. The fraction of sp³-hybridized carbons (Fsp3) is 0.462. The molecule has 0 aliphatic heterocycles. The van der Waals surface area contributed by atoms with Crippen molar-refractivity contribution in [2.75, 3.05) is 6.54 Å². The molecule has 0 radical (unpaired) electrons. The summed E-state index contributed by atoms with van der Waals surface area (Å²) in [5, 5.41) is 2.83. The highest BCUT2D eigenvalue weighted by molar-refractivity contribution is 9.10. The molecule has 110 valence electrons. The molecule has 1 N–H and O–H groups in total. The molecule has 0 aromatic heterocycles. The molecule has 2 rings (SSSR count). The molecule has 1 aliphatic rings. The zero-order valence-corrected chi connectivity index (χ0v) is 14.3. The molecule has 1 saturated carbocycles. The van der Waals surface area contributed by atoms with Crippen molar-refractivity contribution in [3.63, 3.8) is 0 Å². The lowest BCUT2D eigenvalue weighted by Gasteiger charge is -2.12. The van der Waals surface area contributed by atoms with Crippen molar-refractivity contribution < 1.29 is 13.2 Å². The standard InChI is InChI=1S/C13H15BrClNO3S/c1-8-10(14)5-9(6-11(8)20(15,18)19)12(17)16-7-13(2)3-4-13/h5-6H,3-4,7H2,1-2H3,(H,16,17). The third kappa shape index (κ3) is 3.54. The quantitative estimate of drug-likeness (QED) is 0.816. The minimum Gasteiger partial charge on any atom is -0.351 e. The highest BCUT2D eigenvalue weighted by Gasteiger charge is 2.37. The Morgan fingerprint density at radius 1 is 1.45 bits per heavy atom. The molecule has 0 saturated heterocycles. The molecule has 1 amide bonds. The molecule has 7 heteroatoms. The second kappa shape index (κ2) is 5.31. The molecule has 0 heterocycles. The molecule has 0 unspecified atom stereocenters. The molecule has 4 nitrogen and oxygen atoms in total. The number of hydrogen-bond acceptors (Lipinski definition) is 3. The summed E-state index contributed by atoms with van der Waals surface area (Å²) in [5.41, 5.74) is 0.968. The molecule has 1 aromatic carbocycles. The summed E-state index contributed by atoms with van der Waals surface area (Å²) in [7, 11) is 1.51. The van der Waals surface area contributed by atoms with E-state index in [1.54, 1.807) is 13.0 Å². The maximum Gasteiger partial charge on any atom is 0.261 e. The van der Waals surface area contributed by atoms with Crippen LogP contribution in [0.3, 0.4) is 0 Å². The van der Waals surface area contributed by atoms with Gasteiger partial charge in [0.05, 0.1) is 4.90 Å². The van der Waals surface area contributed by atoms with Gasteiger partial charge in [0.25, 0.3) is 15.0 Å². The molecular weight excluding hydrogens is 366 g/mol. The number of carbonyl (C=O) groups excluding carboxylic acids is 1. The maximum atomic E-state index is 12.1. The first kappa shape index (κ1) is 15.8. The third-order valence-corrected chi connectivity index (χ3v) is 5.87. The average Bonchev–Trinajstić information content (AvgIpc) is 3.06. The zero-order valence-electron chi connectivity index (χ0n) is 11.2. The van der Waals surface area contributed by atoms with Crippen molar-refractivity contribution in [2.24, 2.45) is 5.41 Å². The van der Waals surface area contributed by atoms with Gasteiger partial charge in [-0.3, -0.25) is 4.79 Å². The van der Waals surface area contributed by atoms with Gasteiger partial charge in [-0.15, -0.1) is 0 Å². The molecule has 1 fully saturated rings. The first-order valence-electron chi connectivity index (χ1n) is 6.15. The topological polar surface area (TPSA) is 63.2 Å². The lowest BCUT2D eigenvalue weighted by molar-refractivity contribution is 0.0946. The van der Waals surface area contributed by atoms with Gasteiger partial charge < -0.3 is 5.32 Å². The number of halogens is 2. The van der Waals surface area contributed by atoms with Crippen LogP contribution in [0.15, 0.2) is 21.5 Å². The predicted octanol–water partition coefficient (Wildman–Crippen LogP) is 3.21. The van der Waals surface area contributed by atoms with Gasteiger partial charge >= 0.3 is 0 Å². The summed E-state index contributed by atoms with van der Waals surface area (Å²) < 4.78 is 23.6. The lowest BCUT2D eigenvalue weighted by atomic mass is 10.1. The van der Waals surface area contributed by atoms with Crippen LogP contribution in [0.1, 0.15) is 35.7 Å². The zero-order chi connectivity index (χ0) is 15.1. The Kier molecular flexibility index (Phi) is 4.19. The van der Waals surface area contributed by atoms with Gasteiger partial charge in [-0.2, -0.15) is 0 Å². The number of hydrogen-bond donors (Lipinski definition) is 1. The van der Waals surface area contributed by atoms with E-state index >= 15 is 0 Å². The Labute approximate surface area is 131 Å². The molecule has 0 spiro atoms. The van der Waals surface area contributed by atoms with E-state index < -0.39 is 9.05 Å².